The number of rotatable bonds is 6. The molecule has 2 rings (SSSR count). The number of carboxylic acid groups (broad SMARTS) is 1. The number of carbonyl (C=O) groups is 2. The van der Waals surface area contributed by atoms with Crippen LogP contribution in [0.15, 0.2) is 29.2 Å². The zero-order valence-electron chi connectivity index (χ0n) is 14.6. The number of aliphatic carboxylic acids is 1. The lowest BCUT2D eigenvalue weighted by Gasteiger charge is -2.39. The van der Waals surface area contributed by atoms with Crippen LogP contribution >= 0.6 is 0 Å². The van der Waals surface area contributed by atoms with E-state index in [1.807, 2.05) is 0 Å². The molecular weight excluding hydrogens is 342 g/mol. The Morgan fingerprint density at radius 1 is 1.24 bits per heavy atom. The van der Waals surface area contributed by atoms with Crippen LogP contribution in [0.5, 0.6) is 0 Å². The van der Waals surface area contributed by atoms with Gasteiger partial charge in [-0.2, -0.15) is 0 Å². The number of sulfone groups is 1. The summed E-state index contributed by atoms with van der Waals surface area (Å²) in [5, 5.41) is 12.3. The highest BCUT2D eigenvalue weighted by molar-refractivity contribution is 7.91. The van der Waals surface area contributed by atoms with Gasteiger partial charge >= 0.3 is 5.97 Å². The molecule has 1 fully saturated rings. The normalized spacial score (nSPS) is 23.8. The van der Waals surface area contributed by atoms with Crippen molar-refractivity contribution in [2.45, 2.75) is 56.4 Å². The number of hydrogen-bond donors (Lipinski definition) is 2. The summed E-state index contributed by atoms with van der Waals surface area (Å²) in [5.74, 6) is -1.68. The molecule has 0 aromatic heterocycles. The van der Waals surface area contributed by atoms with Gasteiger partial charge in [-0.15, -0.1) is 0 Å². The van der Waals surface area contributed by atoms with Crippen LogP contribution in [-0.2, 0) is 25.8 Å². The minimum Gasteiger partial charge on any atom is -0.481 e. The molecule has 0 heterocycles. The first-order valence-corrected chi connectivity index (χ1v) is 10.2. The molecule has 25 heavy (non-hydrogen) atoms. The third-order valence-corrected chi connectivity index (χ3v) is 6.71. The highest BCUT2D eigenvalue weighted by atomic mass is 32.2. The number of nitrogens with one attached hydrogen (secondary N) is 1. The molecule has 2 N–H and O–H groups in total. The summed E-state index contributed by atoms with van der Waals surface area (Å²) in [5.41, 5.74) is -0.0500. The van der Waals surface area contributed by atoms with Crippen molar-refractivity contribution in [2.24, 2.45) is 5.92 Å². The first kappa shape index (κ1) is 19.4. The first-order chi connectivity index (χ1) is 11.7. The standard InChI is InChI=1S/C18H25NO5S/c1-3-25(23,24)14-9-7-13(8-10-14)12-16(20)19-18(2)11-5-4-6-15(18)17(21)22/h7-10,15H,3-6,11-12H2,1-2H3,(H,19,20)(H,21,22). The zero-order valence-corrected chi connectivity index (χ0v) is 15.4. The Morgan fingerprint density at radius 3 is 2.44 bits per heavy atom. The van der Waals surface area contributed by atoms with E-state index in [1.54, 1.807) is 26.0 Å². The molecule has 6 nitrogen and oxygen atoms in total. The topological polar surface area (TPSA) is 101 Å². The largest absolute Gasteiger partial charge is 0.481 e. The molecule has 0 saturated heterocycles. The van der Waals surface area contributed by atoms with E-state index in [4.69, 9.17) is 0 Å². The third kappa shape index (κ3) is 4.60. The first-order valence-electron chi connectivity index (χ1n) is 8.53. The van der Waals surface area contributed by atoms with E-state index in [9.17, 15) is 23.1 Å². The van der Waals surface area contributed by atoms with Crippen molar-refractivity contribution in [2.75, 3.05) is 5.75 Å². The predicted octanol–water partition coefficient (Wildman–Crippen LogP) is 2.17. The van der Waals surface area contributed by atoms with E-state index in [1.165, 1.54) is 12.1 Å². The lowest BCUT2D eigenvalue weighted by molar-refractivity contribution is -0.146. The number of hydrogen-bond acceptors (Lipinski definition) is 4. The molecule has 2 atom stereocenters. The maximum Gasteiger partial charge on any atom is 0.308 e. The van der Waals surface area contributed by atoms with Crippen LogP contribution in [0.4, 0.5) is 0 Å². The van der Waals surface area contributed by atoms with Crippen LogP contribution in [0.25, 0.3) is 0 Å². The van der Waals surface area contributed by atoms with Gasteiger partial charge in [-0.1, -0.05) is 31.9 Å². The third-order valence-electron chi connectivity index (χ3n) is 4.96. The summed E-state index contributed by atoms with van der Waals surface area (Å²) in [7, 11) is -3.26. The van der Waals surface area contributed by atoms with Gasteiger partial charge in [0, 0.05) is 0 Å². The molecule has 1 aliphatic rings. The summed E-state index contributed by atoms with van der Waals surface area (Å²) in [6.45, 7) is 3.38. The number of amides is 1. The Kier molecular flexibility index (Phi) is 5.87. The lowest BCUT2D eigenvalue weighted by Crippen LogP contribution is -2.55. The predicted molar refractivity (Wildman–Crippen MR) is 94.0 cm³/mol. The fourth-order valence-electron chi connectivity index (χ4n) is 3.41. The second-order valence-electron chi connectivity index (χ2n) is 6.83. The summed E-state index contributed by atoms with van der Waals surface area (Å²) >= 11 is 0. The van der Waals surface area contributed by atoms with E-state index in [-0.39, 0.29) is 23.0 Å². The van der Waals surface area contributed by atoms with E-state index in [0.717, 1.165) is 12.8 Å². The van der Waals surface area contributed by atoms with Gasteiger partial charge in [0.15, 0.2) is 9.84 Å². The summed E-state index contributed by atoms with van der Waals surface area (Å²) < 4.78 is 23.6. The van der Waals surface area contributed by atoms with Crippen molar-refractivity contribution in [3.63, 3.8) is 0 Å². The minimum absolute atomic E-state index is 0.0295. The molecule has 0 aliphatic heterocycles. The summed E-state index contributed by atoms with van der Waals surface area (Å²) in [4.78, 5) is 24.1. The quantitative estimate of drug-likeness (QED) is 0.802. The van der Waals surface area contributed by atoms with Gasteiger partial charge in [0.2, 0.25) is 5.91 Å². The van der Waals surface area contributed by atoms with Gasteiger partial charge in [0.05, 0.1) is 28.5 Å². The fraction of sp³-hybridized carbons (Fsp3) is 0.556. The molecule has 1 aromatic carbocycles. The molecule has 0 bridgehead atoms. The van der Waals surface area contributed by atoms with Gasteiger partial charge in [-0.25, -0.2) is 8.42 Å². The maximum atomic E-state index is 12.4. The molecule has 0 radical (unpaired) electrons. The Labute approximate surface area is 148 Å². The lowest BCUT2D eigenvalue weighted by atomic mass is 9.74. The van der Waals surface area contributed by atoms with E-state index < -0.39 is 27.3 Å². The SMILES string of the molecule is CCS(=O)(=O)c1ccc(CC(=O)NC2(C)CCCCC2C(=O)O)cc1. The molecule has 1 saturated carbocycles. The molecule has 1 amide bonds. The Bertz CT molecular complexity index is 741. The van der Waals surface area contributed by atoms with Crippen molar-refractivity contribution in [1.29, 1.82) is 0 Å². The fourth-order valence-corrected chi connectivity index (χ4v) is 4.29. The monoisotopic (exact) mass is 367 g/mol. The molecule has 7 heteroatoms. The number of benzene rings is 1. The average Bonchev–Trinajstić information content (AvgIpc) is 2.54. The maximum absolute atomic E-state index is 12.4. The minimum atomic E-state index is -3.26. The van der Waals surface area contributed by atoms with Gasteiger partial charge < -0.3 is 10.4 Å². The second kappa shape index (κ2) is 7.56. The van der Waals surface area contributed by atoms with Crippen LogP contribution < -0.4 is 5.32 Å². The van der Waals surface area contributed by atoms with E-state index >= 15 is 0 Å². The number of carboxylic acids is 1. The molecule has 2 unspecified atom stereocenters. The molecule has 1 aliphatic carbocycles. The van der Waals surface area contributed by atoms with Crippen LogP contribution in [0.1, 0.15) is 45.1 Å². The van der Waals surface area contributed by atoms with Gasteiger partial charge in [0.25, 0.3) is 0 Å². The van der Waals surface area contributed by atoms with Crippen molar-refractivity contribution >= 4 is 21.7 Å². The van der Waals surface area contributed by atoms with Crippen molar-refractivity contribution < 1.29 is 23.1 Å². The van der Waals surface area contributed by atoms with Gasteiger partial charge in [0.1, 0.15) is 0 Å². The van der Waals surface area contributed by atoms with Crippen LogP contribution in [0, 0.1) is 5.92 Å². The van der Waals surface area contributed by atoms with Crippen LogP contribution in [-0.4, -0.2) is 36.7 Å². The van der Waals surface area contributed by atoms with E-state index in [2.05, 4.69) is 5.32 Å². The smallest absolute Gasteiger partial charge is 0.308 e. The van der Waals surface area contributed by atoms with Gasteiger partial charge in [-0.05, 0) is 37.5 Å². The average molecular weight is 367 g/mol. The summed E-state index contributed by atoms with van der Waals surface area (Å²) in [6, 6.07) is 6.26. The Hall–Kier alpha value is -1.89. The molecular formula is C18H25NO5S. The highest BCUT2D eigenvalue weighted by Gasteiger charge is 2.42. The zero-order chi connectivity index (χ0) is 18.7. The van der Waals surface area contributed by atoms with E-state index in [0.29, 0.717) is 18.4 Å². The van der Waals surface area contributed by atoms with Crippen LogP contribution in [0.2, 0.25) is 0 Å². The molecule has 0 spiro atoms. The second-order valence-corrected chi connectivity index (χ2v) is 9.10. The number of carbonyl (C=O) groups excluding carboxylic acids is 1. The Balaban J connectivity index is 2.05. The highest BCUT2D eigenvalue weighted by Crippen LogP contribution is 2.33. The molecule has 1 aromatic rings. The summed E-state index contributed by atoms with van der Waals surface area (Å²) in [6.07, 6.45) is 3.05. The van der Waals surface area contributed by atoms with Gasteiger partial charge in [-0.3, -0.25) is 9.59 Å². The van der Waals surface area contributed by atoms with Crippen molar-refractivity contribution in [3.8, 4) is 0 Å². The van der Waals surface area contributed by atoms with Crippen molar-refractivity contribution in [3.05, 3.63) is 29.8 Å². The van der Waals surface area contributed by atoms with Crippen molar-refractivity contribution in [1.82, 2.24) is 5.32 Å². The Morgan fingerprint density at radius 2 is 1.88 bits per heavy atom. The van der Waals surface area contributed by atoms with Crippen LogP contribution in [0.3, 0.4) is 0 Å². The molecule has 138 valence electrons.